The van der Waals surface area contributed by atoms with Crippen LogP contribution in [-0.2, 0) is 4.79 Å². The second-order valence-corrected chi connectivity index (χ2v) is 2.72. The van der Waals surface area contributed by atoms with E-state index in [4.69, 9.17) is 5.11 Å². The molecule has 0 aromatic carbocycles. The third-order valence-electron chi connectivity index (χ3n) is 1.97. The van der Waals surface area contributed by atoms with Crippen molar-refractivity contribution in [2.75, 3.05) is 13.1 Å². The van der Waals surface area contributed by atoms with Crippen LogP contribution in [0.2, 0.25) is 0 Å². The Kier molecular flexibility index (Phi) is 2.95. The molecule has 0 aromatic rings. The zero-order valence-corrected chi connectivity index (χ0v) is 6.49. The van der Waals surface area contributed by atoms with E-state index in [2.05, 4.69) is 0 Å². The Morgan fingerprint density at radius 3 is 2.36 bits per heavy atom. The maximum absolute atomic E-state index is 10.4. The van der Waals surface area contributed by atoms with E-state index < -0.39 is 0 Å². The number of allylic oxidation sites excluding steroid dienone is 1. The van der Waals surface area contributed by atoms with Gasteiger partial charge in [0.1, 0.15) is 12.0 Å². The molecule has 11 heavy (non-hydrogen) atoms. The molecule has 0 atom stereocenters. The van der Waals surface area contributed by atoms with Crippen LogP contribution >= 0.6 is 0 Å². The number of piperidine rings is 1. The van der Waals surface area contributed by atoms with E-state index in [9.17, 15) is 4.79 Å². The van der Waals surface area contributed by atoms with E-state index in [-0.39, 0.29) is 0 Å². The number of carbonyl (C=O) groups excluding carboxylic acids is 1. The van der Waals surface area contributed by atoms with Crippen molar-refractivity contribution in [2.24, 2.45) is 0 Å². The highest BCUT2D eigenvalue weighted by Crippen LogP contribution is 2.12. The van der Waals surface area contributed by atoms with Gasteiger partial charge in [-0.15, -0.1) is 0 Å². The lowest BCUT2D eigenvalue weighted by Gasteiger charge is -2.27. The largest absolute Gasteiger partial charge is 0.513 e. The fraction of sp³-hybridized carbons (Fsp3) is 0.625. The van der Waals surface area contributed by atoms with E-state index in [0.717, 1.165) is 32.2 Å². The first-order valence-corrected chi connectivity index (χ1v) is 3.93. The third kappa shape index (κ3) is 1.97. The van der Waals surface area contributed by atoms with Gasteiger partial charge in [-0.1, -0.05) is 0 Å². The molecule has 1 rings (SSSR count). The number of likely N-dealkylation sites (tertiary alicyclic amines) is 1. The standard InChI is InChI=1S/C8H13NO2/c10-6-8(7-11)9-4-2-1-3-5-9/h6-7,10H,1-5H2/b8-6+. The Morgan fingerprint density at radius 1 is 1.27 bits per heavy atom. The maximum Gasteiger partial charge on any atom is 0.169 e. The summed E-state index contributed by atoms with van der Waals surface area (Å²) in [7, 11) is 0. The van der Waals surface area contributed by atoms with Crippen molar-refractivity contribution >= 4 is 6.29 Å². The van der Waals surface area contributed by atoms with E-state index in [0.29, 0.717) is 12.0 Å². The fourth-order valence-electron chi connectivity index (χ4n) is 1.34. The van der Waals surface area contributed by atoms with Crippen LogP contribution in [0.15, 0.2) is 12.0 Å². The van der Waals surface area contributed by atoms with Crippen molar-refractivity contribution < 1.29 is 9.90 Å². The molecule has 0 unspecified atom stereocenters. The van der Waals surface area contributed by atoms with Crippen molar-refractivity contribution in [1.29, 1.82) is 0 Å². The van der Waals surface area contributed by atoms with Crippen molar-refractivity contribution in [3.63, 3.8) is 0 Å². The molecule has 1 saturated heterocycles. The molecule has 1 N–H and O–H groups in total. The second-order valence-electron chi connectivity index (χ2n) is 2.72. The van der Waals surface area contributed by atoms with Crippen LogP contribution in [0.5, 0.6) is 0 Å². The number of hydrogen-bond donors (Lipinski definition) is 1. The molecular weight excluding hydrogens is 142 g/mol. The Balaban J connectivity index is 2.49. The minimum absolute atomic E-state index is 0.407. The maximum atomic E-state index is 10.4. The summed E-state index contributed by atoms with van der Waals surface area (Å²) in [5, 5.41) is 8.64. The van der Waals surface area contributed by atoms with E-state index in [1.807, 2.05) is 4.90 Å². The topological polar surface area (TPSA) is 40.5 Å². The first-order valence-electron chi connectivity index (χ1n) is 3.93. The van der Waals surface area contributed by atoms with Gasteiger partial charge in [0.05, 0.1) is 0 Å². The van der Waals surface area contributed by atoms with Crippen LogP contribution in [-0.4, -0.2) is 29.4 Å². The Morgan fingerprint density at radius 2 is 1.91 bits per heavy atom. The monoisotopic (exact) mass is 155 g/mol. The molecule has 0 amide bonds. The minimum atomic E-state index is 0.407. The number of carbonyl (C=O) groups is 1. The summed E-state index contributed by atoms with van der Waals surface area (Å²) in [5.74, 6) is 0. The van der Waals surface area contributed by atoms with Gasteiger partial charge in [0, 0.05) is 13.1 Å². The van der Waals surface area contributed by atoms with Crippen LogP contribution in [0.3, 0.4) is 0 Å². The molecule has 1 heterocycles. The molecule has 0 aliphatic carbocycles. The van der Waals surface area contributed by atoms with Gasteiger partial charge in [0.2, 0.25) is 0 Å². The number of aliphatic hydroxyl groups is 1. The van der Waals surface area contributed by atoms with Gasteiger partial charge in [0.15, 0.2) is 6.29 Å². The van der Waals surface area contributed by atoms with Crippen molar-refractivity contribution in [1.82, 2.24) is 4.90 Å². The highest BCUT2D eigenvalue weighted by atomic mass is 16.2. The third-order valence-corrected chi connectivity index (χ3v) is 1.97. The smallest absolute Gasteiger partial charge is 0.169 e. The first-order chi connectivity index (χ1) is 5.38. The summed E-state index contributed by atoms with van der Waals surface area (Å²) in [4.78, 5) is 12.3. The SMILES string of the molecule is O=C/C(=C\O)N1CCCCC1. The summed E-state index contributed by atoms with van der Waals surface area (Å²) < 4.78 is 0. The van der Waals surface area contributed by atoms with Gasteiger partial charge >= 0.3 is 0 Å². The molecule has 0 bridgehead atoms. The Labute approximate surface area is 66.3 Å². The molecule has 0 radical (unpaired) electrons. The number of aldehydes is 1. The van der Waals surface area contributed by atoms with Crippen molar-refractivity contribution in [3.8, 4) is 0 Å². The lowest BCUT2D eigenvalue weighted by atomic mass is 10.1. The molecule has 1 fully saturated rings. The molecule has 3 heteroatoms. The quantitative estimate of drug-likeness (QED) is 0.368. The number of rotatable bonds is 2. The van der Waals surface area contributed by atoms with Gasteiger partial charge < -0.3 is 10.0 Å². The summed E-state index contributed by atoms with van der Waals surface area (Å²) >= 11 is 0. The second kappa shape index (κ2) is 4.01. The van der Waals surface area contributed by atoms with E-state index in [1.165, 1.54) is 6.42 Å². The predicted molar refractivity (Wildman–Crippen MR) is 42.2 cm³/mol. The van der Waals surface area contributed by atoms with Crippen LogP contribution in [0.1, 0.15) is 19.3 Å². The molecule has 0 aromatic heterocycles. The summed E-state index contributed by atoms with van der Waals surface area (Å²) in [6.07, 6.45) is 5.05. The van der Waals surface area contributed by atoms with Crippen LogP contribution in [0, 0.1) is 0 Å². The molecule has 62 valence electrons. The van der Waals surface area contributed by atoms with Gasteiger partial charge in [-0.05, 0) is 19.3 Å². The summed E-state index contributed by atoms with van der Waals surface area (Å²) in [5.41, 5.74) is 0.407. The minimum Gasteiger partial charge on any atom is -0.513 e. The van der Waals surface area contributed by atoms with E-state index in [1.54, 1.807) is 0 Å². The van der Waals surface area contributed by atoms with Crippen LogP contribution < -0.4 is 0 Å². The van der Waals surface area contributed by atoms with Crippen LogP contribution in [0.25, 0.3) is 0 Å². The van der Waals surface area contributed by atoms with Gasteiger partial charge in [-0.25, -0.2) is 0 Å². The summed E-state index contributed by atoms with van der Waals surface area (Å²) in [6.45, 7) is 1.79. The van der Waals surface area contributed by atoms with Gasteiger partial charge in [0.25, 0.3) is 0 Å². The average Bonchev–Trinajstić information content (AvgIpc) is 2.09. The van der Waals surface area contributed by atoms with Crippen LogP contribution in [0.4, 0.5) is 0 Å². The number of aliphatic hydroxyl groups excluding tert-OH is 1. The van der Waals surface area contributed by atoms with Gasteiger partial charge in [-0.3, -0.25) is 4.79 Å². The predicted octanol–water partition coefficient (Wildman–Crippen LogP) is 1.07. The highest BCUT2D eigenvalue weighted by Gasteiger charge is 2.11. The van der Waals surface area contributed by atoms with E-state index >= 15 is 0 Å². The normalized spacial score (nSPS) is 20.0. The molecular formula is C8H13NO2. The van der Waals surface area contributed by atoms with Gasteiger partial charge in [-0.2, -0.15) is 0 Å². The molecule has 0 spiro atoms. The lowest BCUT2D eigenvalue weighted by molar-refractivity contribution is -0.106. The molecule has 3 nitrogen and oxygen atoms in total. The lowest BCUT2D eigenvalue weighted by Crippen LogP contribution is -2.29. The summed E-state index contributed by atoms with van der Waals surface area (Å²) in [6, 6.07) is 0. The Bertz CT molecular complexity index is 159. The molecule has 0 saturated carbocycles. The number of nitrogens with zero attached hydrogens (tertiary/aromatic N) is 1. The number of hydrogen-bond acceptors (Lipinski definition) is 3. The zero-order chi connectivity index (χ0) is 8.10. The first kappa shape index (κ1) is 8.11. The molecule has 1 aliphatic heterocycles. The highest BCUT2D eigenvalue weighted by molar-refractivity contribution is 5.71. The average molecular weight is 155 g/mol. The zero-order valence-electron chi connectivity index (χ0n) is 6.49. The van der Waals surface area contributed by atoms with Crippen molar-refractivity contribution in [3.05, 3.63) is 12.0 Å². The fourth-order valence-corrected chi connectivity index (χ4v) is 1.34. The Hall–Kier alpha value is -0.990. The van der Waals surface area contributed by atoms with Crippen molar-refractivity contribution in [2.45, 2.75) is 19.3 Å². The molecule has 1 aliphatic rings.